The lowest BCUT2D eigenvalue weighted by Crippen LogP contribution is -2.37. The van der Waals surface area contributed by atoms with Crippen LogP contribution in [0.15, 0.2) is 12.7 Å². The summed E-state index contributed by atoms with van der Waals surface area (Å²) in [6, 6.07) is 0. The first-order chi connectivity index (χ1) is 7.74. The lowest BCUT2D eigenvalue weighted by molar-refractivity contribution is -0.120. The first kappa shape index (κ1) is 13.2. The minimum Gasteiger partial charge on any atom is -0.352 e. The lowest BCUT2D eigenvalue weighted by atomic mass is 9.80. The molecule has 0 bridgehead atoms. The van der Waals surface area contributed by atoms with E-state index in [1.807, 2.05) is 0 Å². The van der Waals surface area contributed by atoms with E-state index in [1.165, 1.54) is 25.7 Å². The molecule has 1 aliphatic carbocycles. The average molecular weight is 224 g/mol. The van der Waals surface area contributed by atoms with Crippen LogP contribution in [-0.2, 0) is 4.79 Å². The Kier molecular flexibility index (Phi) is 6.16. The van der Waals surface area contributed by atoms with Crippen LogP contribution >= 0.6 is 0 Å². The van der Waals surface area contributed by atoms with E-state index < -0.39 is 0 Å². The van der Waals surface area contributed by atoms with Gasteiger partial charge in [0.05, 0.1) is 6.54 Å². The van der Waals surface area contributed by atoms with Crippen molar-refractivity contribution in [3.05, 3.63) is 12.7 Å². The highest BCUT2D eigenvalue weighted by molar-refractivity contribution is 5.78. The monoisotopic (exact) mass is 224 g/mol. The fourth-order valence-corrected chi connectivity index (χ4v) is 2.32. The molecule has 0 aromatic heterocycles. The third-order valence-electron chi connectivity index (χ3n) is 3.42. The van der Waals surface area contributed by atoms with Crippen molar-refractivity contribution in [3.63, 3.8) is 0 Å². The van der Waals surface area contributed by atoms with Gasteiger partial charge in [-0.05, 0) is 24.8 Å². The zero-order chi connectivity index (χ0) is 11.8. The van der Waals surface area contributed by atoms with Crippen LogP contribution in [0.1, 0.15) is 32.6 Å². The molecule has 0 aromatic carbocycles. The highest BCUT2D eigenvalue weighted by Crippen LogP contribution is 2.28. The molecule has 3 heteroatoms. The van der Waals surface area contributed by atoms with E-state index in [-0.39, 0.29) is 5.91 Å². The Morgan fingerprint density at radius 1 is 1.44 bits per heavy atom. The molecule has 0 heterocycles. The molecule has 0 aliphatic heterocycles. The average Bonchev–Trinajstić information content (AvgIpc) is 2.29. The first-order valence-corrected chi connectivity index (χ1v) is 6.32. The maximum absolute atomic E-state index is 11.3. The van der Waals surface area contributed by atoms with Crippen molar-refractivity contribution >= 4 is 5.91 Å². The molecule has 0 spiro atoms. The number of carbonyl (C=O) groups excluding carboxylic acids is 1. The van der Waals surface area contributed by atoms with Crippen LogP contribution in [0, 0.1) is 11.8 Å². The zero-order valence-corrected chi connectivity index (χ0v) is 10.3. The summed E-state index contributed by atoms with van der Waals surface area (Å²) in [5.74, 6) is 1.61. The van der Waals surface area contributed by atoms with Gasteiger partial charge in [0.2, 0.25) is 5.91 Å². The number of rotatable bonds is 6. The predicted octanol–water partition coefficient (Wildman–Crippen LogP) is 1.70. The molecule has 92 valence electrons. The van der Waals surface area contributed by atoms with Gasteiger partial charge in [-0.2, -0.15) is 0 Å². The number of hydrogen-bond donors (Lipinski definition) is 2. The smallest absolute Gasteiger partial charge is 0.234 e. The normalized spacial score (nSPS) is 25.1. The molecule has 0 saturated heterocycles. The highest BCUT2D eigenvalue weighted by atomic mass is 16.1. The maximum Gasteiger partial charge on any atom is 0.234 e. The molecule has 1 rings (SSSR count). The van der Waals surface area contributed by atoms with Gasteiger partial charge >= 0.3 is 0 Å². The summed E-state index contributed by atoms with van der Waals surface area (Å²) in [7, 11) is 0. The molecule has 1 fully saturated rings. The number of amides is 1. The fourth-order valence-electron chi connectivity index (χ4n) is 2.32. The maximum atomic E-state index is 11.3. The summed E-state index contributed by atoms with van der Waals surface area (Å²) in [4.78, 5) is 11.3. The SMILES string of the molecule is C=CCNC(=O)CNCC1CCCCC1C. The number of carbonyl (C=O) groups is 1. The largest absolute Gasteiger partial charge is 0.352 e. The van der Waals surface area contributed by atoms with Gasteiger partial charge in [0.25, 0.3) is 0 Å². The van der Waals surface area contributed by atoms with Crippen LogP contribution < -0.4 is 10.6 Å². The Hall–Kier alpha value is -0.830. The second-order valence-electron chi connectivity index (χ2n) is 4.75. The summed E-state index contributed by atoms with van der Waals surface area (Å²) >= 11 is 0. The Morgan fingerprint density at radius 3 is 2.88 bits per heavy atom. The van der Waals surface area contributed by atoms with E-state index in [0.29, 0.717) is 13.1 Å². The predicted molar refractivity (Wildman–Crippen MR) is 67.2 cm³/mol. The van der Waals surface area contributed by atoms with Gasteiger partial charge in [0.15, 0.2) is 0 Å². The standard InChI is InChI=1S/C13H24N2O/c1-3-8-15-13(16)10-14-9-12-7-5-4-6-11(12)2/h3,11-12,14H,1,4-10H2,2H3,(H,15,16). The molecule has 16 heavy (non-hydrogen) atoms. The van der Waals surface area contributed by atoms with Crippen LogP contribution in [0.3, 0.4) is 0 Å². The molecule has 0 aromatic rings. The van der Waals surface area contributed by atoms with Crippen molar-refractivity contribution in [1.82, 2.24) is 10.6 Å². The Labute approximate surface area is 98.7 Å². The van der Waals surface area contributed by atoms with E-state index in [4.69, 9.17) is 0 Å². The summed E-state index contributed by atoms with van der Waals surface area (Å²) in [6.45, 7) is 7.84. The molecule has 1 amide bonds. The summed E-state index contributed by atoms with van der Waals surface area (Å²) in [6.07, 6.45) is 7.06. The van der Waals surface area contributed by atoms with E-state index >= 15 is 0 Å². The van der Waals surface area contributed by atoms with Crippen molar-refractivity contribution in [2.75, 3.05) is 19.6 Å². The second-order valence-corrected chi connectivity index (χ2v) is 4.75. The van der Waals surface area contributed by atoms with Crippen molar-refractivity contribution in [2.24, 2.45) is 11.8 Å². The third-order valence-corrected chi connectivity index (χ3v) is 3.42. The van der Waals surface area contributed by atoms with E-state index in [1.54, 1.807) is 6.08 Å². The number of nitrogens with one attached hydrogen (secondary N) is 2. The van der Waals surface area contributed by atoms with Crippen LogP contribution in [-0.4, -0.2) is 25.5 Å². The van der Waals surface area contributed by atoms with Crippen LogP contribution in [0.5, 0.6) is 0 Å². The molecule has 0 radical (unpaired) electrons. The van der Waals surface area contributed by atoms with Gasteiger partial charge in [-0.25, -0.2) is 0 Å². The van der Waals surface area contributed by atoms with Crippen molar-refractivity contribution in [3.8, 4) is 0 Å². The Bertz CT molecular complexity index is 228. The van der Waals surface area contributed by atoms with E-state index in [9.17, 15) is 4.79 Å². The van der Waals surface area contributed by atoms with Gasteiger partial charge < -0.3 is 10.6 Å². The van der Waals surface area contributed by atoms with Gasteiger partial charge in [-0.15, -0.1) is 6.58 Å². The van der Waals surface area contributed by atoms with Gasteiger partial charge in [0.1, 0.15) is 0 Å². The van der Waals surface area contributed by atoms with Gasteiger partial charge in [-0.3, -0.25) is 4.79 Å². The lowest BCUT2D eigenvalue weighted by Gasteiger charge is -2.28. The fraction of sp³-hybridized carbons (Fsp3) is 0.769. The first-order valence-electron chi connectivity index (χ1n) is 6.32. The van der Waals surface area contributed by atoms with Crippen molar-refractivity contribution < 1.29 is 4.79 Å². The molecule has 2 unspecified atom stereocenters. The molecule has 1 aliphatic rings. The molecule has 3 nitrogen and oxygen atoms in total. The van der Waals surface area contributed by atoms with Crippen LogP contribution in [0.4, 0.5) is 0 Å². The topological polar surface area (TPSA) is 41.1 Å². The van der Waals surface area contributed by atoms with Crippen molar-refractivity contribution in [2.45, 2.75) is 32.6 Å². The molecule has 2 atom stereocenters. The van der Waals surface area contributed by atoms with Gasteiger partial charge in [0, 0.05) is 6.54 Å². The van der Waals surface area contributed by atoms with E-state index in [2.05, 4.69) is 24.1 Å². The second kappa shape index (κ2) is 7.44. The molecular formula is C13H24N2O. The summed E-state index contributed by atoms with van der Waals surface area (Å²) in [5.41, 5.74) is 0. The minimum absolute atomic E-state index is 0.0587. The van der Waals surface area contributed by atoms with E-state index in [0.717, 1.165) is 18.4 Å². The Morgan fingerprint density at radius 2 is 2.19 bits per heavy atom. The highest BCUT2D eigenvalue weighted by Gasteiger charge is 2.20. The van der Waals surface area contributed by atoms with Crippen LogP contribution in [0.2, 0.25) is 0 Å². The zero-order valence-electron chi connectivity index (χ0n) is 10.3. The quantitative estimate of drug-likeness (QED) is 0.674. The third kappa shape index (κ3) is 4.79. The van der Waals surface area contributed by atoms with Crippen LogP contribution in [0.25, 0.3) is 0 Å². The summed E-state index contributed by atoms with van der Waals surface area (Å²) < 4.78 is 0. The molecule has 1 saturated carbocycles. The Balaban J connectivity index is 2.09. The van der Waals surface area contributed by atoms with Crippen molar-refractivity contribution in [1.29, 1.82) is 0 Å². The molecular weight excluding hydrogens is 200 g/mol. The number of hydrogen-bond acceptors (Lipinski definition) is 2. The van der Waals surface area contributed by atoms with Gasteiger partial charge in [-0.1, -0.05) is 32.3 Å². The minimum atomic E-state index is 0.0587. The molecule has 2 N–H and O–H groups in total. The summed E-state index contributed by atoms with van der Waals surface area (Å²) in [5, 5.41) is 6.01.